The minimum absolute atomic E-state index is 0. The molecule has 1 aliphatic heterocycles. The van der Waals surface area contributed by atoms with E-state index in [0.717, 1.165) is 42.7 Å². The van der Waals surface area contributed by atoms with Crippen LogP contribution in [0.4, 0.5) is 0 Å². The largest absolute Gasteiger partial charge is 0.342 e. The highest BCUT2D eigenvalue weighted by Gasteiger charge is 2.25. The molecule has 1 aromatic carbocycles. The molecule has 0 spiro atoms. The molecule has 1 atom stereocenters. The van der Waals surface area contributed by atoms with Crippen molar-refractivity contribution >= 4 is 24.1 Å². The van der Waals surface area contributed by atoms with E-state index in [4.69, 9.17) is 0 Å². The fraction of sp³-hybridized carbons (Fsp3) is 0.556. The lowest BCUT2D eigenvalue weighted by Gasteiger charge is -2.16. The zero-order chi connectivity index (χ0) is 16.1. The second-order valence-electron chi connectivity index (χ2n) is 6.29. The molecule has 0 aliphatic carbocycles. The number of rotatable bonds is 6. The zero-order valence-electron chi connectivity index (χ0n) is 14.2. The number of aryl methyl sites for hydroxylation is 2. The summed E-state index contributed by atoms with van der Waals surface area (Å²) in [7, 11) is 1.94. The number of nitrogens with one attached hydrogen (secondary N) is 1. The second kappa shape index (κ2) is 9.04. The molecule has 0 saturated carbocycles. The van der Waals surface area contributed by atoms with Crippen molar-refractivity contribution in [2.75, 3.05) is 26.7 Å². The quantitative estimate of drug-likeness (QED) is 0.811. The lowest BCUT2D eigenvalue weighted by Crippen LogP contribution is -2.30. The van der Waals surface area contributed by atoms with Gasteiger partial charge in [0, 0.05) is 31.5 Å². The molecule has 5 heteroatoms. The summed E-state index contributed by atoms with van der Waals surface area (Å²) >= 11 is 0. The molecule has 128 valence electrons. The monoisotopic (exact) mass is 338 g/mol. The number of hydrogen-bond acceptors (Lipinski definition) is 3. The third kappa shape index (κ3) is 5.33. The van der Waals surface area contributed by atoms with Crippen LogP contribution >= 0.6 is 12.4 Å². The first-order chi connectivity index (χ1) is 10.5. The van der Waals surface area contributed by atoms with Gasteiger partial charge in [-0.15, -0.1) is 12.4 Å². The predicted molar refractivity (Wildman–Crippen MR) is 95.3 cm³/mol. The van der Waals surface area contributed by atoms with Gasteiger partial charge in [-0.3, -0.25) is 9.59 Å². The van der Waals surface area contributed by atoms with Crippen molar-refractivity contribution in [2.24, 2.45) is 5.92 Å². The van der Waals surface area contributed by atoms with Crippen molar-refractivity contribution in [3.8, 4) is 0 Å². The summed E-state index contributed by atoms with van der Waals surface area (Å²) in [4.78, 5) is 26.5. The van der Waals surface area contributed by atoms with Gasteiger partial charge in [0.1, 0.15) is 0 Å². The third-order valence-electron chi connectivity index (χ3n) is 4.39. The Hall–Kier alpha value is -1.39. The van der Waals surface area contributed by atoms with Crippen LogP contribution in [0.3, 0.4) is 0 Å². The molecule has 1 heterocycles. The minimum Gasteiger partial charge on any atom is -0.342 e. The van der Waals surface area contributed by atoms with Crippen LogP contribution in [0.1, 0.15) is 40.7 Å². The summed E-state index contributed by atoms with van der Waals surface area (Å²) < 4.78 is 0. The molecule has 0 radical (unpaired) electrons. The summed E-state index contributed by atoms with van der Waals surface area (Å²) in [6.45, 7) is 6.51. The predicted octanol–water partition coefficient (Wildman–Crippen LogP) is 2.76. The topological polar surface area (TPSA) is 49.4 Å². The van der Waals surface area contributed by atoms with Crippen molar-refractivity contribution in [1.82, 2.24) is 10.2 Å². The van der Waals surface area contributed by atoms with E-state index in [9.17, 15) is 9.59 Å². The van der Waals surface area contributed by atoms with Gasteiger partial charge >= 0.3 is 0 Å². The summed E-state index contributed by atoms with van der Waals surface area (Å²) in [5.74, 6) is 0.724. The Bertz CT molecular complexity index is 560. The van der Waals surface area contributed by atoms with E-state index in [1.165, 1.54) is 0 Å². The van der Waals surface area contributed by atoms with Gasteiger partial charge in [0.05, 0.1) is 0 Å². The molecule has 2 rings (SSSR count). The second-order valence-corrected chi connectivity index (χ2v) is 6.29. The van der Waals surface area contributed by atoms with Crippen LogP contribution in [0, 0.1) is 19.8 Å². The first-order valence-corrected chi connectivity index (χ1v) is 8.04. The van der Waals surface area contributed by atoms with Gasteiger partial charge in [-0.25, -0.2) is 0 Å². The molecule has 1 fully saturated rings. The SMILES string of the molecule is CNCC1CCN(C(=O)CCC(=O)c2cc(C)ccc2C)C1.Cl. The normalized spacial score (nSPS) is 17.0. The van der Waals surface area contributed by atoms with Crippen LogP contribution in [0.15, 0.2) is 18.2 Å². The van der Waals surface area contributed by atoms with Crippen LogP contribution in [0.5, 0.6) is 0 Å². The van der Waals surface area contributed by atoms with Crippen LogP contribution in [0.25, 0.3) is 0 Å². The fourth-order valence-corrected chi connectivity index (χ4v) is 3.06. The van der Waals surface area contributed by atoms with E-state index in [0.29, 0.717) is 18.8 Å². The Labute approximate surface area is 145 Å². The van der Waals surface area contributed by atoms with Crippen LogP contribution in [-0.4, -0.2) is 43.3 Å². The standard InChI is InChI=1S/C18H26N2O2.ClH/c1-13-4-5-14(2)16(10-13)17(21)6-7-18(22)20-9-8-15(12-20)11-19-3;/h4-5,10,15,19H,6-9,11-12H2,1-3H3;1H. The molecule has 0 bridgehead atoms. The first kappa shape index (κ1) is 19.7. The number of halogens is 1. The fourth-order valence-electron chi connectivity index (χ4n) is 3.06. The van der Waals surface area contributed by atoms with Crippen LogP contribution < -0.4 is 5.32 Å². The van der Waals surface area contributed by atoms with Crippen molar-refractivity contribution in [3.05, 3.63) is 34.9 Å². The Balaban J connectivity index is 0.00000264. The summed E-state index contributed by atoms with van der Waals surface area (Å²) in [5, 5.41) is 3.16. The van der Waals surface area contributed by atoms with E-state index in [1.54, 1.807) is 0 Å². The van der Waals surface area contributed by atoms with E-state index < -0.39 is 0 Å². The average molecular weight is 339 g/mol. The molecular formula is C18H27ClN2O2. The number of ketones is 1. The molecule has 1 saturated heterocycles. The van der Waals surface area contributed by atoms with Crippen molar-refractivity contribution in [1.29, 1.82) is 0 Å². The Kier molecular flexibility index (Phi) is 7.73. The summed E-state index contributed by atoms with van der Waals surface area (Å²) in [6.07, 6.45) is 1.67. The lowest BCUT2D eigenvalue weighted by atomic mass is 9.99. The highest BCUT2D eigenvalue weighted by molar-refractivity contribution is 5.99. The van der Waals surface area contributed by atoms with Gasteiger partial charge in [-0.2, -0.15) is 0 Å². The van der Waals surface area contributed by atoms with Gasteiger partial charge in [-0.1, -0.05) is 17.7 Å². The molecule has 1 unspecified atom stereocenters. The molecule has 23 heavy (non-hydrogen) atoms. The molecule has 1 amide bonds. The number of amides is 1. The van der Waals surface area contributed by atoms with Gasteiger partial charge in [0.15, 0.2) is 5.78 Å². The Morgan fingerprint density at radius 1 is 1.26 bits per heavy atom. The molecular weight excluding hydrogens is 312 g/mol. The maximum atomic E-state index is 12.3. The van der Waals surface area contributed by atoms with Gasteiger partial charge < -0.3 is 10.2 Å². The van der Waals surface area contributed by atoms with Crippen molar-refractivity contribution in [3.63, 3.8) is 0 Å². The number of hydrogen-bond donors (Lipinski definition) is 1. The average Bonchev–Trinajstić information content (AvgIpc) is 2.96. The summed E-state index contributed by atoms with van der Waals surface area (Å²) in [5.41, 5.74) is 2.82. The number of nitrogens with zero attached hydrogens (tertiary/aromatic N) is 1. The van der Waals surface area contributed by atoms with E-state index in [-0.39, 0.29) is 24.1 Å². The van der Waals surface area contributed by atoms with Crippen LogP contribution in [-0.2, 0) is 4.79 Å². The van der Waals surface area contributed by atoms with E-state index in [2.05, 4.69) is 5.32 Å². The molecule has 4 nitrogen and oxygen atoms in total. The van der Waals surface area contributed by atoms with Crippen molar-refractivity contribution in [2.45, 2.75) is 33.1 Å². The molecule has 0 aromatic heterocycles. The maximum Gasteiger partial charge on any atom is 0.223 e. The van der Waals surface area contributed by atoms with Gasteiger partial charge in [0.2, 0.25) is 5.91 Å². The van der Waals surface area contributed by atoms with E-state index in [1.807, 2.05) is 44.0 Å². The molecule has 1 aromatic rings. The molecule has 1 aliphatic rings. The zero-order valence-corrected chi connectivity index (χ0v) is 15.0. The number of likely N-dealkylation sites (tertiary alicyclic amines) is 1. The summed E-state index contributed by atoms with van der Waals surface area (Å²) in [6, 6.07) is 5.89. The highest BCUT2D eigenvalue weighted by atomic mass is 35.5. The van der Waals surface area contributed by atoms with Crippen LogP contribution in [0.2, 0.25) is 0 Å². The smallest absolute Gasteiger partial charge is 0.223 e. The Morgan fingerprint density at radius 2 is 2.00 bits per heavy atom. The minimum atomic E-state index is 0. The number of Topliss-reactive ketones (excluding diaryl/α,β-unsaturated/α-hetero) is 1. The number of benzene rings is 1. The Morgan fingerprint density at radius 3 is 2.70 bits per heavy atom. The lowest BCUT2D eigenvalue weighted by molar-refractivity contribution is -0.130. The maximum absolute atomic E-state index is 12.3. The van der Waals surface area contributed by atoms with Crippen molar-refractivity contribution < 1.29 is 9.59 Å². The molecule has 1 N–H and O–H groups in total. The van der Waals surface area contributed by atoms with Gasteiger partial charge in [-0.05, 0) is 51.4 Å². The number of carbonyl (C=O) groups is 2. The third-order valence-corrected chi connectivity index (χ3v) is 4.39. The first-order valence-electron chi connectivity index (χ1n) is 8.04. The van der Waals surface area contributed by atoms with Gasteiger partial charge in [0.25, 0.3) is 0 Å². The highest BCUT2D eigenvalue weighted by Crippen LogP contribution is 2.18. The van der Waals surface area contributed by atoms with E-state index >= 15 is 0 Å². The number of carbonyl (C=O) groups excluding carboxylic acids is 2.